The molecular formula is C22H22F7N5O5. The van der Waals surface area contributed by atoms with Gasteiger partial charge in [0.1, 0.15) is 12.1 Å². The molecule has 0 saturated carbocycles. The third-order valence-corrected chi connectivity index (χ3v) is 5.41. The van der Waals surface area contributed by atoms with Gasteiger partial charge in [-0.1, -0.05) is 0 Å². The minimum absolute atomic E-state index is 0.162. The molecule has 4 rings (SSSR count). The van der Waals surface area contributed by atoms with Crippen LogP contribution in [0, 0.1) is 5.95 Å². The van der Waals surface area contributed by atoms with E-state index in [0.717, 1.165) is 36.6 Å². The van der Waals surface area contributed by atoms with Crippen LogP contribution in [0.15, 0.2) is 24.7 Å². The zero-order valence-corrected chi connectivity index (χ0v) is 20.0. The predicted molar refractivity (Wildman–Crippen MR) is 118 cm³/mol. The van der Waals surface area contributed by atoms with Crippen molar-refractivity contribution in [3.05, 3.63) is 47.4 Å². The average molecular weight is 569 g/mol. The summed E-state index contributed by atoms with van der Waals surface area (Å²) >= 11 is 0. The van der Waals surface area contributed by atoms with Crippen molar-refractivity contribution in [2.75, 3.05) is 31.1 Å². The molecule has 1 saturated heterocycles. The maximum Gasteiger partial charge on any atom is 0.490 e. The zero-order chi connectivity index (χ0) is 29.4. The van der Waals surface area contributed by atoms with Crippen LogP contribution in [0.1, 0.15) is 34.5 Å². The average Bonchev–Trinajstić information content (AvgIpc) is 3.29. The van der Waals surface area contributed by atoms with Gasteiger partial charge in [-0.05, 0) is 25.3 Å². The second kappa shape index (κ2) is 13.1. The standard InChI is InChI=1S/C18H20FN5O.2C2HF3O2/c19-16-11-13(3-6-20-16)18(25)24-9-4-14-15(5-10-24)21-12-22-17(14)23-7-1-2-8-23;2*3-2(4,5)1(6)7/h3,6,11-12H,1-2,4-5,7-10H2;2*(H,6,7). The number of pyridine rings is 1. The van der Waals surface area contributed by atoms with Gasteiger partial charge in [-0.15, -0.1) is 0 Å². The summed E-state index contributed by atoms with van der Waals surface area (Å²) in [6.45, 7) is 3.22. The number of nitrogens with zero attached hydrogens (tertiary/aromatic N) is 5. The molecule has 2 aliphatic heterocycles. The van der Waals surface area contributed by atoms with E-state index in [1.54, 1.807) is 17.3 Å². The topological polar surface area (TPSA) is 137 Å². The summed E-state index contributed by atoms with van der Waals surface area (Å²) in [7, 11) is 0. The van der Waals surface area contributed by atoms with E-state index in [1.165, 1.54) is 25.1 Å². The fourth-order valence-electron chi connectivity index (χ4n) is 3.63. The highest BCUT2D eigenvalue weighted by Crippen LogP contribution is 2.27. The van der Waals surface area contributed by atoms with Crippen LogP contribution < -0.4 is 4.90 Å². The second-order valence-electron chi connectivity index (χ2n) is 8.08. The van der Waals surface area contributed by atoms with Crippen molar-refractivity contribution in [1.29, 1.82) is 0 Å². The molecule has 4 heterocycles. The Bertz CT molecular complexity index is 1150. The summed E-state index contributed by atoms with van der Waals surface area (Å²) < 4.78 is 76.8. The maximum absolute atomic E-state index is 13.3. The van der Waals surface area contributed by atoms with E-state index >= 15 is 0 Å². The minimum Gasteiger partial charge on any atom is -0.475 e. The lowest BCUT2D eigenvalue weighted by Gasteiger charge is -2.21. The number of carboxylic acid groups (broad SMARTS) is 2. The van der Waals surface area contributed by atoms with Gasteiger partial charge in [0.25, 0.3) is 5.91 Å². The van der Waals surface area contributed by atoms with Crippen molar-refractivity contribution >= 4 is 23.7 Å². The quantitative estimate of drug-likeness (QED) is 0.413. The Kier molecular flexibility index (Phi) is 10.5. The lowest BCUT2D eigenvalue weighted by Crippen LogP contribution is -2.33. The molecule has 0 atom stereocenters. The van der Waals surface area contributed by atoms with Crippen molar-refractivity contribution < 1.29 is 55.3 Å². The first-order chi connectivity index (χ1) is 18.1. The molecule has 1 fully saturated rings. The molecule has 10 nitrogen and oxygen atoms in total. The Morgan fingerprint density at radius 2 is 1.36 bits per heavy atom. The van der Waals surface area contributed by atoms with Crippen LogP contribution in [0.2, 0.25) is 0 Å². The molecule has 214 valence electrons. The van der Waals surface area contributed by atoms with Crippen LogP contribution in [0.4, 0.5) is 36.6 Å². The monoisotopic (exact) mass is 569 g/mol. The van der Waals surface area contributed by atoms with Gasteiger partial charge in [0.05, 0.1) is 5.69 Å². The number of hydrogen-bond acceptors (Lipinski definition) is 7. The van der Waals surface area contributed by atoms with Gasteiger partial charge in [-0.2, -0.15) is 30.7 Å². The van der Waals surface area contributed by atoms with E-state index in [9.17, 15) is 35.5 Å². The van der Waals surface area contributed by atoms with Gasteiger partial charge in [0.15, 0.2) is 0 Å². The number of aromatic nitrogens is 3. The summed E-state index contributed by atoms with van der Waals surface area (Å²) in [6.07, 6.45) is -3.42. The van der Waals surface area contributed by atoms with Crippen LogP contribution in [0.5, 0.6) is 0 Å². The number of carbonyl (C=O) groups is 3. The van der Waals surface area contributed by atoms with Crippen molar-refractivity contribution in [3.8, 4) is 0 Å². The first-order valence-electron chi connectivity index (χ1n) is 11.2. The Morgan fingerprint density at radius 1 is 0.821 bits per heavy atom. The van der Waals surface area contributed by atoms with E-state index in [2.05, 4.69) is 19.9 Å². The highest BCUT2D eigenvalue weighted by molar-refractivity contribution is 5.94. The number of amides is 1. The molecule has 2 aliphatic rings. The van der Waals surface area contributed by atoms with E-state index < -0.39 is 30.2 Å². The number of anilines is 1. The predicted octanol–water partition coefficient (Wildman–Crippen LogP) is 3.12. The van der Waals surface area contributed by atoms with Gasteiger partial charge in [-0.3, -0.25) is 4.79 Å². The minimum atomic E-state index is -5.08. The van der Waals surface area contributed by atoms with E-state index in [1.807, 2.05) is 0 Å². The fourth-order valence-corrected chi connectivity index (χ4v) is 3.63. The number of alkyl halides is 6. The smallest absolute Gasteiger partial charge is 0.475 e. The molecule has 0 radical (unpaired) electrons. The first kappa shape index (κ1) is 31.2. The van der Waals surface area contributed by atoms with E-state index in [-0.39, 0.29) is 5.91 Å². The van der Waals surface area contributed by atoms with Crippen LogP contribution in [-0.2, 0) is 22.4 Å². The van der Waals surface area contributed by atoms with Gasteiger partial charge < -0.3 is 20.0 Å². The van der Waals surface area contributed by atoms with Crippen molar-refractivity contribution in [1.82, 2.24) is 19.9 Å². The fraction of sp³-hybridized carbons (Fsp3) is 0.455. The first-order valence-corrected chi connectivity index (χ1v) is 11.2. The van der Waals surface area contributed by atoms with Crippen LogP contribution in [-0.4, -0.2) is 86.4 Å². The molecule has 0 aromatic carbocycles. The van der Waals surface area contributed by atoms with Crippen molar-refractivity contribution in [3.63, 3.8) is 0 Å². The molecule has 2 aromatic heterocycles. The summed E-state index contributed by atoms with van der Waals surface area (Å²) in [5.74, 6) is -5.29. The number of aliphatic carboxylic acids is 2. The lowest BCUT2D eigenvalue weighted by molar-refractivity contribution is -0.193. The molecule has 0 bridgehead atoms. The van der Waals surface area contributed by atoms with Gasteiger partial charge in [-0.25, -0.2) is 24.5 Å². The molecule has 17 heteroatoms. The van der Waals surface area contributed by atoms with Crippen LogP contribution >= 0.6 is 0 Å². The molecule has 2 N–H and O–H groups in total. The second-order valence-corrected chi connectivity index (χ2v) is 8.08. The zero-order valence-electron chi connectivity index (χ0n) is 20.0. The van der Waals surface area contributed by atoms with Gasteiger partial charge in [0.2, 0.25) is 5.95 Å². The van der Waals surface area contributed by atoms with Crippen molar-refractivity contribution in [2.24, 2.45) is 0 Å². The number of carboxylic acids is 2. The summed E-state index contributed by atoms with van der Waals surface area (Å²) in [4.78, 5) is 47.0. The number of fused-ring (bicyclic) bond motifs is 1. The van der Waals surface area contributed by atoms with Gasteiger partial charge in [0, 0.05) is 56.0 Å². The summed E-state index contributed by atoms with van der Waals surface area (Å²) in [5.41, 5.74) is 2.51. The third kappa shape index (κ3) is 9.33. The highest BCUT2D eigenvalue weighted by atomic mass is 19.4. The number of carbonyl (C=O) groups excluding carboxylic acids is 1. The molecular weight excluding hydrogens is 547 g/mol. The molecule has 0 aliphatic carbocycles. The highest BCUT2D eigenvalue weighted by Gasteiger charge is 2.38. The number of rotatable bonds is 2. The van der Waals surface area contributed by atoms with Crippen LogP contribution in [0.25, 0.3) is 0 Å². The number of halogens is 7. The Morgan fingerprint density at radius 3 is 1.87 bits per heavy atom. The summed E-state index contributed by atoms with van der Waals surface area (Å²) in [6, 6.07) is 2.74. The van der Waals surface area contributed by atoms with E-state index in [4.69, 9.17) is 19.8 Å². The molecule has 39 heavy (non-hydrogen) atoms. The summed E-state index contributed by atoms with van der Waals surface area (Å²) in [5, 5.41) is 14.2. The molecule has 0 spiro atoms. The largest absolute Gasteiger partial charge is 0.490 e. The Labute approximate surface area is 216 Å². The Hall–Kier alpha value is -4.05. The van der Waals surface area contributed by atoms with Gasteiger partial charge >= 0.3 is 24.3 Å². The normalized spacial score (nSPS) is 15.2. The van der Waals surface area contributed by atoms with Crippen LogP contribution in [0.3, 0.4) is 0 Å². The number of hydrogen-bond donors (Lipinski definition) is 2. The lowest BCUT2D eigenvalue weighted by atomic mass is 10.1. The Balaban J connectivity index is 0.000000317. The molecule has 0 unspecified atom stereocenters. The molecule has 2 aromatic rings. The third-order valence-electron chi connectivity index (χ3n) is 5.41. The SMILES string of the molecule is O=C(O)C(F)(F)F.O=C(O)C(F)(F)F.O=C(c1ccnc(F)c1)N1CCc2ncnc(N3CCCC3)c2CC1. The maximum atomic E-state index is 13.3. The van der Waals surface area contributed by atoms with Crippen molar-refractivity contribution in [2.45, 2.75) is 38.0 Å². The van der Waals surface area contributed by atoms with E-state index in [0.29, 0.717) is 25.1 Å². The molecule has 1 amide bonds.